The molecule has 0 saturated heterocycles. The molecule has 0 radical (unpaired) electrons. The van der Waals surface area contributed by atoms with Gasteiger partial charge in [0, 0.05) is 29.3 Å². The fraction of sp³-hybridized carbons (Fsp3) is 0.333. The molecule has 0 bridgehead atoms. The van der Waals surface area contributed by atoms with Crippen LogP contribution in [0.2, 0.25) is 0 Å². The average Bonchev–Trinajstić information content (AvgIpc) is 3.16. The van der Waals surface area contributed by atoms with Crippen molar-refractivity contribution in [3.05, 3.63) is 82.2 Å². The van der Waals surface area contributed by atoms with Gasteiger partial charge in [-0.15, -0.1) is 0 Å². The zero-order chi connectivity index (χ0) is 20.5. The zero-order valence-corrected chi connectivity index (χ0v) is 17.4. The fourth-order valence-corrected chi connectivity index (χ4v) is 3.93. The van der Waals surface area contributed by atoms with Crippen LogP contribution in [0.3, 0.4) is 0 Å². The second-order valence-electron chi connectivity index (χ2n) is 7.81. The van der Waals surface area contributed by atoms with Gasteiger partial charge in [-0.05, 0) is 32.4 Å². The van der Waals surface area contributed by atoms with Crippen molar-refractivity contribution >= 4 is 5.91 Å². The maximum absolute atomic E-state index is 12.9. The molecule has 0 aliphatic carbocycles. The summed E-state index contributed by atoms with van der Waals surface area (Å²) in [5.41, 5.74) is 5.98. The standard InChI is InChI=1S/C24H27N3O2/c1-15-18(4)29-23-20(15)11-8-12-21(23)24(28)25-13-22-16(2)26-27(17(22)3)14-19-9-6-5-7-10-19/h5-12,15,18H,13-14H2,1-4H3,(H,25,28)/t15-,18+/m1/s1. The highest BCUT2D eigenvalue weighted by Gasteiger charge is 2.31. The van der Waals surface area contributed by atoms with Gasteiger partial charge in [-0.2, -0.15) is 5.10 Å². The third-order valence-corrected chi connectivity index (χ3v) is 5.92. The van der Waals surface area contributed by atoms with Crippen LogP contribution >= 0.6 is 0 Å². The van der Waals surface area contributed by atoms with Gasteiger partial charge in [-0.25, -0.2) is 0 Å². The second-order valence-corrected chi connectivity index (χ2v) is 7.81. The number of aryl methyl sites for hydroxylation is 1. The predicted octanol–water partition coefficient (Wildman–Crippen LogP) is 4.36. The minimum absolute atomic E-state index is 0.0830. The Morgan fingerprint density at radius 1 is 1.10 bits per heavy atom. The lowest BCUT2D eigenvalue weighted by atomic mass is 9.97. The average molecular weight is 389 g/mol. The second kappa shape index (κ2) is 7.74. The van der Waals surface area contributed by atoms with Gasteiger partial charge in [0.05, 0.1) is 17.8 Å². The number of benzene rings is 2. The van der Waals surface area contributed by atoms with Gasteiger partial charge >= 0.3 is 0 Å². The molecule has 2 atom stereocenters. The van der Waals surface area contributed by atoms with E-state index in [0.29, 0.717) is 18.0 Å². The van der Waals surface area contributed by atoms with E-state index >= 15 is 0 Å². The molecule has 1 aliphatic heterocycles. The van der Waals surface area contributed by atoms with E-state index in [4.69, 9.17) is 4.74 Å². The Balaban J connectivity index is 1.50. The van der Waals surface area contributed by atoms with Crippen LogP contribution in [0.4, 0.5) is 0 Å². The number of hydrogen-bond acceptors (Lipinski definition) is 3. The van der Waals surface area contributed by atoms with Crippen LogP contribution < -0.4 is 10.1 Å². The van der Waals surface area contributed by atoms with E-state index in [1.54, 1.807) is 0 Å². The molecule has 0 fully saturated rings. The van der Waals surface area contributed by atoms with E-state index in [2.05, 4.69) is 36.4 Å². The number of para-hydroxylation sites is 1. The quantitative estimate of drug-likeness (QED) is 0.705. The van der Waals surface area contributed by atoms with Crippen LogP contribution in [0.25, 0.3) is 0 Å². The van der Waals surface area contributed by atoms with Gasteiger partial charge in [-0.3, -0.25) is 9.48 Å². The molecule has 2 aromatic carbocycles. The number of nitrogens with zero attached hydrogens (tertiary/aromatic N) is 2. The number of rotatable bonds is 5. The summed E-state index contributed by atoms with van der Waals surface area (Å²) >= 11 is 0. The molecule has 0 spiro atoms. The monoisotopic (exact) mass is 389 g/mol. The molecular weight excluding hydrogens is 362 g/mol. The Kier molecular flexibility index (Phi) is 5.14. The minimum atomic E-state index is -0.113. The van der Waals surface area contributed by atoms with Crippen molar-refractivity contribution in [1.82, 2.24) is 15.1 Å². The molecule has 1 aliphatic rings. The lowest BCUT2D eigenvalue weighted by molar-refractivity contribution is 0.0946. The molecule has 4 rings (SSSR count). The number of carbonyl (C=O) groups is 1. The summed E-state index contributed by atoms with van der Waals surface area (Å²) in [5.74, 6) is 0.898. The van der Waals surface area contributed by atoms with Crippen molar-refractivity contribution < 1.29 is 9.53 Å². The van der Waals surface area contributed by atoms with E-state index in [9.17, 15) is 4.79 Å². The van der Waals surface area contributed by atoms with Gasteiger partial charge in [0.1, 0.15) is 11.9 Å². The van der Waals surface area contributed by atoms with Crippen LogP contribution in [0, 0.1) is 13.8 Å². The summed E-state index contributed by atoms with van der Waals surface area (Å²) in [6.45, 7) is 9.38. The van der Waals surface area contributed by atoms with Gasteiger partial charge in [0.2, 0.25) is 0 Å². The summed E-state index contributed by atoms with van der Waals surface area (Å²) in [6.07, 6.45) is 0.0830. The first-order chi connectivity index (χ1) is 14.0. The van der Waals surface area contributed by atoms with Gasteiger partial charge in [0.15, 0.2) is 0 Å². The summed E-state index contributed by atoms with van der Waals surface area (Å²) in [5, 5.41) is 7.74. The number of fused-ring (bicyclic) bond motifs is 1. The van der Waals surface area contributed by atoms with Crippen molar-refractivity contribution in [3.63, 3.8) is 0 Å². The molecule has 150 valence electrons. The van der Waals surface area contributed by atoms with E-state index < -0.39 is 0 Å². The Labute approximate surface area is 171 Å². The fourth-order valence-electron chi connectivity index (χ4n) is 3.93. The number of nitrogens with one attached hydrogen (secondary N) is 1. The molecule has 5 heteroatoms. The number of aromatic nitrogens is 2. The maximum atomic E-state index is 12.9. The number of carbonyl (C=O) groups excluding carboxylic acids is 1. The first-order valence-electron chi connectivity index (χ1n) is 10.1. The summed E-state index contributed by atoms with van der Waals surface area (Å²) in [6, 6.07) is 16.1. The highest BCUT2D eigenvalue weighted by molar-refractivity contribution is 5.97. The molecule has 5 nitrogen and oxygen atoms in total. The summed E-state index contributed by atoms with van der Waals surface area (Å²) < 4.78 is 7.96. The molecule has 29 heavy (non-hydrogen) atoms. The molecule has 0 unspecified atom stereocenters. The van der Waals surface area contributed by atoms with E-state index in [1.807, 2.05) is 54.9 Å². The highest BCUT2D eigenvalue weighted by Crippen LogP contribution is 2.40. The molecule has 3 aromatic rings. The maximum Gasteiger partial charge on any atom is 0.255 e. The molecule has 0 saturated carbocycles. The Morgan fingerprint density at radius 2 is 1.86 bits per heavy atom. The largest absolute Gasteiger partial charge is 0.489 e. The molecule has 2 heterocycles. The van der Waals surface area contributed by atoms with E-state index in [-0.39, 0.29) is 12.0 Å². The van der Waals surface area contributed by atoms with Crippen molar-refractivity contribution in [3.8, 4) is 5.75 Å². The van der Waals surface area contributed by atoms with Crippen molar-refractivity contribution in [2.75, 3.05) is 0 Å². The van der Waals surface area contributed by atoms with Gasteiger partial charge in [-0.1, -0.05) is 49.4 Å². The predicted molar refractivity (Wildman–Crippen MR) is 113 cm³/mol. The number of ether oxygens (including phenoxy) is 1. The van der Waals surface area contributed by atoms with E-state index in [0.717, 1.165) is 34.8 Å². The van der Waals surface area contributed by atoms with Crippen LogP contribution in [0.5, 0.6) is 5.75 Å². The molecule has 1 aromatic heterocycles. The van der Waals surface area contributed by atoms with Gasteiger partial charge in [0.25, 0.3) is 5.91 Å². The van der Waals surface area contributed by atoms with Crippen LogP contribution in [0.15, 0.2) is 48.5 Å². The SMILES string of the molecule is Cc1nn(Cc2ccccc2)c(C)c1CNC(=O)c1cccc2c1O[C@@H](C)[C@H]2C. The lowest BCUT2D eigenvalue weighted by Crippen LogP contribution is -2.24. The van der Waals surface area contributed by atoms with E-state index in [1.165, 1.54) is 5.56 Å². The summed E-state index contributed by atoms with van der Waals surface area (Å²) in [4.78, 5) is 12.9. The zero-order valence-electron chi connectivity index (χ0n) is 17.4. The third kappa shape index (κ3) is 3.65. The third-order valence-electron chi connectivity index (χ3n) is 5.92. The van der Waals surface area contributed by atoms with Crippen LogP contribution in [-0.4, -0.2) is 21.8 Å². The molecular formula is C24H27N3O2. The lowest BCUT2D eigenvalue weighted by Gasteiger charge is -2.11. The van der Waals surface area contributed by atoms with Gasteiger partial charge < -0.3 is 10.1 Å². The van der Waals surface area contributed by atoms with Crippen molar-refractivity contribution in [2.24, 2.45) is 0 Å². The number of amides is 1. The van der Waals surface area contributed by atoms with Crippen molar-refractivity contribution in [2.45, 2.75) is 52.8 Å². The molecule has 1 N–H and O–H groups in total. The first-order valence-corrected chi connectivity index (χ1v) is 10.1. The first kappa shape index (κ1) is 19.2. The Bertz CT molecular complexity index is 1040. The van der Waals surface area contributed by atoms with Crippen LogP contribution in [0.1, 0.15) is 58.2 Å². The topological polar surface area (TPSA) is 56.2 Å². The van der Waals surface area contributed by atoms with Crippen molar-refractivity contribution in [1.29, 1.82) is 0 Å². The molecule has 1 amide bonds. The van der Waals surface area contributed by atoms with Crippen LogP contribution in [-0.2, 0) is 13.1 Å². The Hall–Kier alpha value is -3.08. The highest BCUT2D eigenvalue weighted by atomic mass is 16.5. The Morgan fingerprint density at radius 3 is 2.62 bits per heavy atom. The smallest absolute Gasteiger partial charge is 0.255 e. The summed E-state index contributed by atoms with van der Waals surface area (Å²) in [7, 11) is 0. The number of hydrogen-bond donors (Lipinski definition) is 1. The minimum Gasteiger partial charge on any atom is -0.489 e. The normalized spacial score (nSPS) is 17.7.